The number of aliphatic hydroxyl groups is 1. The molecule has 0 aliphatic heterocycles. The van der Waals surface area contributed by atoms with E-state index in [4.69, 9.17) is 14.2 Å². The number of aliphatic hydroxyl groups excluding tert-OH is 1. The second kappa shape index (κ2) is 17.8. The SMILES string of the molecule is CCCCCCCN(C)[C@@H]1[C@@H](OCC(O)CCCC)[C@@H](OCc2ccccc2)C[C@H]1OCc1ccccc1. The highest BCUT2D eigenvalue weighted by Crippen LogP contribution is 2.33. The van der Waals surface area contributed by atoms with Crippen molar-refractivity contribution in [1.29, 1.82) is 0 Å². The van der Waals surface area contributed by atoms with Crippen LogP contribution in [0.5, 0.6) is 0 Å². The molecule has 1 aliphatic rings. The van der Waals surface area contributed by atoms with Crippen molar-refractivity contribution in [3.05, 3.63) is 71.8 Å². The van der Waals surface area contributed by atoms with Crippen LogP contribution in [0.25, 0.3) is 0 Å². The van der Waals surface area contributed by atoms with E-state index in [1.54, 1.807) is 0 Å². The Hall–Kier alpha value is -1.76. The molecule has 1 saturated carbocycles. The van der Waals surface area contributed by atoms with Gasteiger partial charge < -0.3 is 19.3 Å². The van der Waals surface area contributed by atoms with Crippen LogP contribution in [0.1, 0.15) is 82.8 Å². The van der Waals surface area contributed by atoms with Crippen molar-refractivity contribution < 1.29 is 19.3 Å². The standard InChI is InChI=1S/C33H51NO4/c1-4-6-8-9-16-22-34(3)32-30(36-24-27-17-12-10-13-18-27)23-31(37-25-28-19-14-11-15-20-28)33(32)38-26-29(35)21-7-5-2/h10-15,17-20,29-33,35H,4-9,16,21-26H2,1-3H3/t29?,30-,31+,32+,33+/m1/s1. The molecule has 5 atom stereocenters. The van der Waals surface area contributed by atoms with Crippen LogP contribution in [0.2, 0.25) is 0 Å². The Balaban J connectivity index is 1.73. The summed E-state index contributed by atoms with van der Waals surface area (Å²) in [7, 11) is 2.20. The first-order chi connectivity index (χ1) is 18.6. The maximum absolute atomic E-state index is 10.6. The summed E-state index contributed by atoms with van der Waals surface area (Å²) in [5, 5.41) is 10.6. The van der Waals surface area contributed by atoms with Crippen LogP contribution in [0, 0.1) is 0 Å². The van der Waals surface area contributed by atoms with E-state index in [0.29, 0.717) is 19.8 Å². The average Bonchev–Trinajstić information content (AvgIpc) is 3.30. The first kappa shape index (κ1) is 30.8. The summed E-state index contributed by atoms with van der Waals surface area (Å²) in [6.45, 7) is 6.86. The zero-order chi connectivity index (χ0) is 27.0. The maximum atomic E-state index is 10.6. The zero-order valence-corrected chi connectivity index (χ0v) is 24.0. The van der Waals surface area contributed by atoms with Gasteiger partial charge in [0.05, 0.1) is 44.2 Å². The van der Waals surface area contributed by atoms with Gasteiger partial charge in [0, 0.05) is 6.42 Å². The van der Waals surface area contributed by atoms with Gasteiger partial charge in [0.25, 0.3) is 0 Å². The van der Waals surface area contributed by atoms with Gasteiger partial charge in [-0.3, -0.25) is 4.90 Å². The summed E-state index contributed by atoms with van der Waals surface area (Å²) >= 11 is 0. The molecule has 0 heterocycles. The summed E-state index contributed by atoms with van der Waals surface area (Å²) < 4.78 is 19.6. The fourth-order valence-corrected chi connectivity index (χ4v) is 5.42. The van der Waals surface area contributed by atoms with Crippen molar-refractivity contribution in [1.82, 2.24) is 4.90 Å². The second-order valence-corrected chi connectivity index (χ2v) is 10.9. The third-order valence-electron chi connectivity index (χ3n) is 7.66. The Kier molecular flexibility index (Phi) is 14.4. The monoisotopic (exact) mass is 525 g/mol. The van der Waals surface area contributed by atoms with E-state index in [2.05, 4.69) is 62.2 Å². The van der Waals surface area contributed by atoms with Gasteiger partial charge in [0.15, 0.2) is 0 Å². The van der Waals surface area contributed by atoms with Gasteiger partial charge in [-0.1, -0.05) is 113 Å². The van der Waals surface area contributed by atoms with E-state index in [1.807, 2.05) is 24.3 Å². The van der Waals surface area contributed by atoms with Gasteiger partial charge in [-0.05, 0) is 37.6 Å². The first-order valence-electron chi connectivity index (χ1n) is 14.9. The first-order valence-corrected chi connectivity index (χ1v) is 14.9. The van der Waals surface area contributed by atoms with Crippen LogP contribution in [0.4, 0.5) is 0 Å². The van der Waals surface area contributed by atoms with E-state index in [1.165, 1.54) is 37.7 Å². The Morgan fingerprint density at radius 1 is 0.763 bits per heavy atom. The molecule has 1 unspecified atom stereocenters. The van der Waals surface area contributed by atoms with E-state index in [-0.39, 0.29) is 24.4 Å². The Morgan fingerprint density at radius 2 is 1.34 bits per heavy atom. The van der Waals surface area contributed by atoms with Gasteiger partial charge in [0.1, 0.15) is 6.10 Å². The highest BCUT2D eigenvalue weighted by molar-refractivity contribution is 5.15. The molecule has 0 bridgehead atoms. The number of hydrogen-bond donors (Lipinski definition) is 1. The van der Waals surface area contributed by atoms with Crippen LogP contribution in [-0.4, -0.2) is 60.7 Å². The molecule has 2 aromatic carbocycles. The van der Waals surface area contributed by atoms with E-state index in [9.17, 15) is 5.11 Å². The second-order valence-electron chi connectivity index (χ2n) is 10.9. The van der Waals surface area contributed by atoms with Crippen molar-refractivity contribution >= 4 is 0 Å². The number of ether oxygens (including phenoxy) is 3. The smallest absolute Gasteiger partial charge is 0.102 e. The number of unbranched alkanes of at least 4 members (excludes halogenated alkanes) is 5. The van der Waals surface area contributed by atoms with Crippen LogP contribution in [-0.2, 0) is 27.4 Å². The van der Waals surface area contributed by atoms with Crippen molar-refractivity contribution in [3.8, 4) is 0 Å². The summed E-state index contributed by atoms with van der Waals surface area (Å²) in [5.74, 6) is 0. The topological polar surface area (TPSA) is 51.2 Å². The predicted octanol–water partition coefficient (Wildman–Crippen LogP) is 6.77. The number of rotatable bonds is 19. The zero-order valence-electron chi connectivity index (χ0n) is 24.0. The molecule has 1 fully saturated rings. The third kappa shape index (κ3) is 10.4. The molecule has 0 spiro atoms. The molecule has 1 aliphatic carbocycles. The minimum Gasteiger partial charge on any atom is -0.391 e. The highest BCUT2D eigenvalue weighted by Gasteiger charge is 2.47. The molecule has 0 aromatic heterocycles. The molecule has 0 radical (unpaired) electrons. The summed E-state index contributed by atoms with van der Waals surface area (Å²) in [5.41, 5.74) is 2.33. The molecular formula is C33H51NO4. The van der Waals surface area contributed by atoms with Gasteiger partial charge in [-0.25, -0.2) is 0 Å². The molecule has 2 aromatic rings. The molecule has 3 rings (SSSR count). The normalized spacial score (nSPS) is 22.2. The van der Waals surface area contributed by atoms with Crippen LogP contribution in [0.15, 0.2) is 60.7 Å². The van der Waals surface area contributed by atoms with E-state index < -0.39 is 6.10 Å². The Labute approximate surface area is 231 Å². The highest BCUT2D eigenvalue weighted by atomic mass is 16.6. The molecule has 212 valence electrons. The van der Waals surface area contributed by atoms with Crippen molar-refractivity contribution in [3.63, 3.8) is 0 Å². The van der Waals surface area contributed by atoms with E-state index >= 15 is 0 Å². The predicted molar refractivity (Wildman–Crippen MR) is 155 cm³/mol. The van der Waals surface area contributed by atoms with Crippen LogP contribution in [0.3, 0.4) is 0 Å². The van der Waals surface area contributed by atoms with E-state index in [0.717, 1.165) is 37.8 Å². The number of hydrogen-bond acceptors (Lipinski definition) is 5. The summed E-state index contributed by atoms with van der Waals surface area (Å²) in [6.07, 6.45) is 9.17. The lowest BCUT2D eigenvalue weighted by Crippen LogP contribution is -2.49. The Bertz CT molecular complexity index is 849. The largest absolute Gasteiger partial charge is 0.391 e. The van der Waals surface area contributed by atoms with Crippen molar-refractivity contribution in [2.24, 2.45) is 0 Å². The molecule has 0 amide bonds. The lowest BCUT2D eigenvalue weighted by molar-refractivity contribution is -0.107. The molecule has 38 heavy (non-hydrogen) atoms. The van der Waals surface area contributed by atoms with Gasteiger partial charge in [-0.15, -0.1) is 0 Å². The average molecular weight is 526 g/mol. The maximum Gasteiger partial charge on any atom is 0.102 e. The van der Waals surface area contributed by atoms with Crippen LogP contribution >= 0.6 is 0 Å². The molecule has 5 nitrogen and oxygen atoms in total. The van der Waals surface area contributed by atoms with Gasteiger partial charge >= 0.3 is 0 Å². The number of likely N-dealkylation sites (N-methyl/N-ethyl adjacent to an activating group) is 1. The molecule has 5 heteroatoms. The van der Waals surface area contributed by atoms with Gasteiger partial charge in [0.2, 0.25) is 0 Å². The molecule has 1 N–H and O–H groups in total. The molecular weight excluding hydrogens is 474 g/mol. The third-order valence-corrected chi connectivity index (χ3v) is 7.66. The Morgan fingerprint density at radius 3 is 1.95 bits per heavy atom. The van der Waals surface area contributed by atoms with Crippen molar-refractivity contribution in [2.75, 3.05) is 20.2 Å². The van der Waals surface area contributed by atoms with Crippen LogP contribution < -0.4 is 0 Å². The number of nitrogens with zero attached hydrogens (tertiary/aromatic N) is 1. The number of benzene rings is 2. The summed E-state index contributed by atoms with van der Waals surface area (Å²) in [4.78, 5) is 2.43. The molecule has 0 saturated heterocycles. The minimum atomic E-state index is -0.450. The fraction of sp³-hybridized carbons (Fsp3) is 0.636. The lowest BCUT2D eigenvalue weighted by Gasteiger charge is -2.35. The van der Waals surface area contributed by atoms with Gasteiger partial charge in [-0.2, -0.15) is 0 Å². The lowest BCUT2D eigenvalue weighted by atomic mass is 10.1. The quantitative estimate of drug-likeness (QED) is 0.205. The fourth-order valence-electron chi connectivity index (χ4n) is 5.42. The minimum absolute atomic E-state index is 0.00518. The van der Waals surface area contributed by atoms with Crippen molar-refractivity contribution in [2.45, 2.75) is 115 Å². The summed E-state index contributed by atoms with van der Waals surface area (Å²) in [6, 6.07) is 20.8.